The first-order chi connectivity index (χ1) is 12.4. The van der Waals surface area contributed by atoms with Crippen LogP contribution < -0.4 is 5.56 Å². The Bertz CT molecular complexity index is 872. The van der Waals surface area contributed by atoms with Gasteiger partial charge in [-0.05, 0) is 31.2 Å². The Morgan fingerprint density at radius 2 is 1.88 bits per heavy atom. The molecule has 0 saturated carbocycles. The summed E-state index contributed by atoms with van der Waals surface area (Å²) in [6.07, 6.45) is 0.494. The van der Waals surface area contributed by atoms with E-state index in [1.165, 1.54) is 4.68 Å². The summed E-state index contributed by atoms with van der Waals surface area (Å²) in [5.41, 5.74) is 1.81. The Balaban J connectivity index is 1.53. The molecule has 1 aliphatic heterocycles. The van der Waals surface area contributed by atoms with Crippen molar-refractivity contribution in [2.45, 2.75) is 58.0 Å². The normalized spacial score (nSPS) is 18.3. The van der Waals surface area contributed by atoms with Crippen molar-refractivity contribution in [3.8, 4) is 0 Å². The van der Waals surface area contributed by atoms with Gasteiger partial charge in [0.25, 0.3) is 5.56 Å². The molecule has 0 unspecified atom stereocenters. The maximum Gasteiger partial charge on any atom is 0.451 e. The summed E-state index contributed by atoms with van der Waals surface area (Å²) in [7, 11) is 0. The fourth-order valence-electron chi connectivity index (χ4n) is 3.61. The van der Waals surface area contributed by atoms with Crippen molar-refractivity contribution in [3.63, 3.8) is 0 Å². The van der Waals surface area contributed by atoms with E-state index in [0.29, 0.717) is 6.54 Å². The Labute approximate surface area is 147 Å². The molecule has 0 spiro atoms. The van der Waals surface area contributed by atoms with Crippen molar-refractivity contribution in [1.82, 2.24) is 29.4 Å². The molecule has 0 saturated heterocycles. The van der Waals surface area contributed by atoms with Crippen molar-refractivity contribution < 1.29 is 13.2 Å². The fraction of sp³-hybridized carbons (Fsp3) is 0.625. The zero-order chi connectivity index (χ0) is 18.3. The van der Waals surface area contributed by atoms with Gasteiger partial charge in [0.1, 0.15) is 5.82 Å². The van der Waals surface area contributed by atoms with Crippen LogP contribution in [0.3, 0.4) is 0 Å². The van der Waals surface area contributed by atoms with E-state index in [1.807, 2.05) is 4.90 Å². The van der Waals surface area contributed by atoms with Gasteiger partial charge >= 0.3 is 6.18 Å². The summed E-state index contributed by atoms with van der Waals surface area (Å²) in [6.45, 7) is 0.949. The molecule has 26 heavy (non-hydrogen) atoms. The quantitative estimate of drug-likeness (QED) is 0.753. The van der Waals surface area contributed by atoms with Crippen LogP contribution in [0.4, 0.5) is 13.2 Å². The lowest BCUT2D eigenvalue weighted by Crippen LogP contribution is -2.40. The molecule has 10 heteroatoms. The highest BCUT2D eigenvalue weighted by Crippen LogP contribution is 2.29. The molecule has 0 fully saturated rings. The average Bonchev–Trinajstić information content (AvgIpc) is 2.88. The highest BCUT2D eigenvalue weighted by Gasteiger charge is 2.39. The monoisotopic (exact) mass is 368 g/mol. The molecule has 0 N–H and O–H groups in total. The van der Waals surface area contributed by atoms with Gasteiger partial charge < -0.3 is 4.57 Å². The van der Waals surface area contributed by atoms with E-state index in [4.69, 9.17) is 0 Å². The third kappa shape index (κ3) is 3.25. The van der Waals surface area contributed by atoms with Crippen LogP contribution in [0.1, 0.15) is 42.2 Å². The zero-order valence-electron chi connectivity index (χ0n) is 14.2. The van der Waals surface area contributed by atoms with Gasteiger partial charge in [0.15, 0.2) is 0 Å². The minimum absolute atomic E-state index is 0.136. The van der Waals surface area contributed by atoms with Gasteiger partial charge in [0.2, 0.25) is 5.82 Å². The lowest BCUT2D eigenvalue weighted by Gasteiger charge is -2.28. The van der Waals surface area contributed by atoms with Crippen LogP contribution >= 0.6 is 0 Å². The standard InChI is InChI=1S/C16H19F3N6O/c17-16(18,19)15-21-20-13-9-23(6-7-24(13)15)10-25-14(26)8-11-4-2-1-3-5-12(11)22-25/h8H,1-7,9-10H2. The van der Waals surface area contributed by atoms with E-state index in [1.54, 1.807) is 6.07 Å². The highest BCUT2D eigenvalue weighted by atomic mass is 19.4. The molecule has 2 aromatic heterocycles. The second-order valence-electron chi connectivity index (χ2n) is 6.80. The van der Waals surface area contributed by atoms with E-state index in [2.05, 4.69) is 15.3 Å². The van der Waals surface area contributed by atoms with Crippen molar-refractivity contribution in [3.05, 3.63) is 39.3 Å². The Morgan fingerprint density at radius 1 is 1.08 bits per heavy atom. The van der Waals surface area contributed by atoms with Crippen LogP contribution in [0, 0.1) is 0 Å². The topological polar surface area (TPSA) is 68.8 Å². The molecule has 140 valence electrons. The minimum atomic E-state index is -4.51. The van der Waals surface area contributed by atoms with Crippen LogP contribution in [0.15, 0.2) is 10.9 Å². The predicted octanol–water partition coefficient (Wildman–Crippen LogP) is 1.60. The number of alkyl halides is 3. The predicted molar refractivity (Wildman–Crippen MR) is 85.2 cm³/mol. The van der Waals surface area contributed by atoms with E-state index in [0.717, 1.165) is 47.9 Å². The van der Waals surface area contributed by atoms with Crippen LogP contribution in [0.2, 0.25) is 0 Å². The van der Waals surface area contributed by atoms with Crippen LogP contribution in [-0.2, 0) is 38.8 Å². The number of aryl methyl sites for hydroxylation is 2. The van der Waals surface area contributed by atoms with Gasteiger partial charge in [-0.1, -0.05) is 6.42 Å². The summed E-state index contributed by atoms with van der Waals surface area (Å²) in [5, 5.41) is 11.4. The van der Waals surface area contributed by atoms with Crippen molar-refractivity contribution >= 4 is 0 Å². The van der Waals surface area contributed by atoms with E-state index in [-0.39, 0.29) is 31.1 Å². The number of halogens is 3. The van der Waals surface area contributed by atoms with Gasteiger partial charge in [-0.25, -0.2) is 4.68 Å². The van der Waals surface area contributed by atoms with Gasteiger partial charge in [-0.2, -0.15) is 18.3 Å². The van der Waals surface area contributed by atoms with Gasteiger partial charge in [-0.15, -0.1) is 10.2 Å². The molecular weight excluding hydrogens is 349 g/mol. The highest BCUT2D eigenvalue weighted by molar-refractivity contribution is 5.19. The van der Waals surface area contributed by atoms with Gasteiger partial charge in [-0.3, -0.25) is 9.69 Å². The van der Waals surface area contributed by atoms with Crippen LogP contribution in [-0.4, -0.2) is 36.0 Å². The maximum absolute atomic E-state index is 12.9. The summed E-state index contributed by atoms with van der Waals surface area (Å²) in [4.78, 5) is 14.2. The average molecular weight is 368 g/mol. The minimum Gasteiger partial charge on any atom is -0.305 e. The maximum atomic E-state index is 12.9. The summed E-state index contributed by atoms with van der Waals surface area (Å²) in [6, 6.07) is 1.65. The van der Waals surface area contributed by atoms with Gasteiger partial charge in [0.05, 0.1) is 18.9 Å². The molecule has 4 rings (SSSR count). The Morgan fingerprint density at radius 3 is 2.69 bits per heavy atom. The summed E-state index contributed by atoms with van der Waals surface area (Å²) >= 11 is 0. The van der Waals surface area contributed by atoms with Crippen molar-refractivity contribution in [2.24, 2.45) is 0 Å². The molecule has 0 radical (unpaired) electrons. The third-order valence-electron chi connectivity index (χ3n) is 4.94. The van der Waals surface area contributed by atoms with Crippen molar-refractivity contribution in [1.29, 1.82) is 0 Å². The first kappa shape index (κ1) is 17.2. The lowest BCUT2D eigenvalue weighted by atomic mass is 10.1. The number of hydrogen-bond donors (Lipinski definition) is 0. The van der Waals surface area contributed by atoms with E-state index >= 15 is 0 Å². The van der Waals surface area contributed by atoms with Crippen LogP contribution in [0.25, 0.3) is 0 Å². The molecule has 0 aromatic carbocycles. The number of aromatic nitrogens is 5. The Hall–Kier alpha value is -2.23. The number of fused-ring (bicyclic) bond motifs is 2. The summed E-state index contributed by atoms with van der Waals surface area (Å²) < 4.78 is 41.2. The molecule has 0 amide bonds. The first-order valence-corrected chi connectivity index (χ1v) is 8.73. The molecule has 1 aliphatic carbocycles. The number of hydrogen-bond acceptors (Lipinski definition) is 5. The second-order valence-corrected chi connectivity index (χ2v) is 6.80. The molecule has 3 heterocycles. The van der Waals surface area contributed by atoms with Crippen LogP contribution in [0.5, 0.6) is 0 Å². The molecule has 0 bridgehead atoms. The zero-order valence-corrected chi connectivity index (χ0v) is 14.2. The molecule has 7 nitrogen and oxygen atoms in total. The Kier molecular flexibility index (Phi) is 4.29. The fourth-order valence-corrected chi connectivity index (χ4v) is 3.61. The number of nitrogens with zero attached hydrogens (tertiary/aromatic N) is 6. The number of rotatable bonds is 2. The smallest absolute Gasteiger partial charge is 0.305 e. The van der Waals surface area contributed by atoms with Gasteiger partial charge in [0, 0.05) is 19.2 Å². The first-order valence-electron chi connectivity index (χ1n) is 8.73. The SMILES string of the molecule is O=c1cc2c(nn1CN1CCn3c(nnc3C(F)(F)F)C1)CCCCC2. The molecular formula is C16H19F3N6O. The molecule has 2 aromatic rings. The lowest BCUT2D eigenvalue weighted by molar-refractivity contribution is -0.148. The van der Waals surface area contributed by atoms with Crippen molar-refractivity contribution in [2.75, 3.05) is 6.54 Å². The molecule has 0 atom stereocenters. The summed E-state index contributed by atoms with van der Waals surface area (Å²) in [5.74, 6) is -0.709. The van der Waals surface area contributed by atoms with E-state index < -0.39 is 12.0 Å². The molecule has 2 aliphatic rings. The third-order valence-corrected chi connectivity index (χ3v) is 4.94. The van der Waals surface area contributed by atoms with E-state index in [9.17, 15) is 18.0 Å². The largest absolute Gasteiger partial charge is 0.451 e. The second kappa shape index (κ2) is 6.49.